The molecule has 1 aromatic heterocycles. The van der Waals surface area contributed by atoms with E-state index in [1.54, 1.807) is 0 Å². The Hall–Kier alpha value is -6.74. The number of nitrogens with zero attached hydrogens (tertiary/aromatic N) is 1. The molecule has 2 atom stereocenters. The van der Waals surface area contributed by atoms with Crippen LogP contribution in [-0.4, -0.2) is 5.54 Å². The van der Waals surface area contributed by atoms with Crippen LogP contribution in [0.25, 0.3) is 85.9 Å². The van der Waals surface area contributed by atoms with Gasteiger partial charge in [0.15, 0.2) is 0 Å². The van der Waals surface area contributed by atoms with Gasteiger partial charge in [0.2, 0.25) is 0 Å². The number of rotatable bonds is 4. The molecule has 2 unspecified atom stereocenters. The van der Waals surface area contributed by atoms with Gasteiger partial charge in [-0.15, -0.1) is 11.3 Å². The third-order valence-electron chi connectivity index (χ3n) is 12.7. The second kappa shape index (κ2) is 12.4. The molecule has 268 valence electrons. The summed E-state index contributed by atoms with van der Waals surface area (Å²) in [5.41, 5.74) is 11.3. The van der Waals surface area contributed by atoms with Crippen molar-refractivity contribution < 1.29 is 0 Å². The highest BCUT2D eigenvalue weighted by molar-refractivity contribution is 7.26. The van der Waals surface area contributed by atoms with E-state index in [-0.39, 0.29) is 11.5 Å². The van der Waals surface area contributed by atoms with Gasteiger partial charge in [0.1, 0.15) is 0 Å². The number of benzene rings is 9. The maximum absolute atomic E-state index is 2.62. The molecule has 0 amide bonds. The molecule has 0 saturated carbocycles. The van der Waals surface area contributed by atoms with Crippen LogP contribution in [0.2, 0.25) is 0 Å². The molecule has 12 rings (SSSR count). The summed E-state index contributed by atoms with van der Waals surface area (Å²) < 4.78 is 2.69. The highest BCUT2D eigenvalue weighted by Crippen LogP contribution is 2.57. The number of anilines is 2. The summed E-state index contributed by atoms with van der Waals surface area (Å²) in [6.45, 7) is 2.41. The lowest BCUT2D eigenvalue weighted by atomic mass is 9.79. The molecule has 0 saturated heterocycles. The summed E-state index contributed by atoms with van der Waals surface area (Å²) in [6.07, 6.45) is 9.29. The van der Waals surface area contributed by atoms with Crippen LogP contribution >= 0.6 is 11.3 Å². The van der Waals surface area contributed by atoms with E-state index in [2.05, 4.69) is 212 Å². The summed E-state index contributed by atoms with van der Waals surface area (Å²) >= 11 is 1.90. The van der Waals surface area contributed by atoms with Gasteiger partial charge in [-0.3, -0.25) is 0 Å². The van der Waals surface area contributed by atoms with E-state index in [0.29, 0.717) is 0 Å². The zero-order chi connectivity index (χ0) is 37.7. The van der Waals surface area contributed by atoms with Crippen LogP contribution in [0.15, 0.2) is 200 Å². The van der Waals surface area contributed by atoms with Crippen molar-refractivity contribution in [2.75, 3.05) is 4.90 Å². The van der Waals surface area contributed by atoms with Gasteiger partial charge in [0.05, 0.1) is 5.54 Å². The highest BCUT2D eigenvalue weighted by atomic mass is 32.1. The van der Waals surface area contributed by atoms with Crippen molar-refractivity contribution in [2.24, 2.45) is 0 Å². The molecule has 0 N–H and O–H groups in total. The Morgan fingerprint density at radius 1 is 0.456 bits per heavy atom. The Morgan fingerprint density at radius 2 is 1.07 bits per heavy atom. The van der Waals surface area contributed by atoms with Crippen LogP contribution in [0.5, 0.6) is 0 Å². The van der Waals surface area contributed by atoms with Crippen LogP contribution < -0.4 is 4.90 Å². The van der Waals surface area contributed by atoms with E-state index in [1.165, 1.54) is 103 Å². The third-order valence-corrected chi connectivity index (χ3v) is 13.9. The van der Waals surface area contributed by atoms with Crippen LogP contribution in [0.1, 0.15) is 18.4 Å². The molecule has 2 heterocycles. The fourth-order valence-corrected chi connectivity index (χ4v) is 11.4. The second-order valence-corrected chi connectivity index (χ2v) is 16.8. The van der Waals surface area contributed by atoms with Crippen LogP contribution in [0.3, 0.4) is 0 Å². The minimum absolute atomic E-state index is 0.205. The molecule has 1 nitrogen and oxygen atoms in total. The van der Waals surface area contributed by atoms with E-state index in [4.69, 9.17) is 0 Å². The van der Waals surface area contributed by atoms with Gasteiger partial charge >= 0.3 is 0 Å². The molecule has 1 aliphatic carbocycles. The fraction of sp³-hybridized carbons (Fsp3) is 0.0545. The first-order valence-electron chi connectivity index (χ1n) is 19.9. The van der Waals surface area contributed by atoms with Gasteiger partial charge in [0, 0.05) is 42.9 Å². The lowest BCUT2D eigenvalue weighted by molar-refractivity contribution is 0.543. The first kappa shape index (κ1) is 32.5. The zero-order valence-corrected chi connectivity index (χ0v) is 32.3. The second-order valence-electron chi connectivity index (χ2n) is 15.7. The number of hydrogen-bond acceptors (Lipinski definition) is 2. The smallest absolute Gasteiger partial charge is 0.0712 e. The monoisotopic (exact) mass is 743 g/mol. The van der Waals surface area contributed by atoms with Crippen molar-refractivity contribution >= 4 is 75.2 Å². The van der Waals surface area contributed by atoms with Gasteiger partial charge in [-0.25, -0.2) is 0 Å². The van der Waals surface area contributed by atoms with Gasteiger partial charge in [-0.2, -0.15) is 0 Å². The topological polar surface area (TPSA) is 3.24 Å². The van der Waals surface area contributed by atoms with E-state index in [9.17, 15) is 0 Å². The minimum Gasteiger partial charge on any atom is -0.330 e. The zero-order valence-electron chi connectivity index (χ0n) is 31.5. The molecule has 2 aliphatic rings. The number of thiophene rings is 1. The molecule has 9 aromatic carbocycles. The normalized spacial score (nSPS) is 17.3. The quantitative estimate of drug-likeness (QED) is 0.162. The Morgan fingerprint density at radius 3 is 1.82 bits per heavy atom. The number of fused-ring (bicyclic) bond motifs is 9. The van der Waals surface area contributed by atoms with Crippen molar-refractivity contribution in [3.8, 4) is 33.4 Å². The van der Waals surface area contributed by atoms with Crippen molar-refractivity contribution in [3.63, 3.8) is 0 Å². The van der Waals surface area contributed by atoms with E-state index >= 15 is 0 Å². The Labute approximate surface area is 336 Å². The standard InChI is InChI=1S/C55H37NS/c1-55-33-14-13-27-48(55)47-34-36(37-25-15-26-46-40-20-11-12-28-51(40)57-54(37)46)29-31-50(47)56(55)49-32-30-45(38-18-5-6-19-39(38)49)53-43-23-9-7-21-41(43)52(35-16-3-2-4-17-35)42-22-8-10-24-44(42)53/h2-34,48H,1H3. The van der Waals surface area contributed by atoms with Gasteiger partial charge < -0.3 is 4.90 Å². The largest absolute Gasteiger partial charge is 0.330 e. The average Bonchev–Trinajstić information content (AvgIpc) is 3.78. The molecule has 0 radical (unpaired) electrons. The van der Waals surface area contributed by atoms with Crippen LogP contribution in [-0.2, 0) is 0 Å². The van der Waals surface area contributed by atoms with Crippen molar-refractivity contribution in [1.29, 1.82) is 0 Å². The third kappa shape index (κ3) is 4.68. The maximum Gasteiger partial charge on any atom is 0.0712 e. The molecule has 0 bridgehead atoms. The fourth-order valence-electron chi connectivity index (χ4n) is 10.2. The van der Waals surface area contributed by atoms with Crippen molar-refractivity contribution in [3.05, 3.63) is 206 Å². The SMILES string of the molecule is CC12C=CC=CC1c1cc(-c3cccc4c3sc3ccccc34)ccc1N2c1ccc(-c2c3ccccc3c(-c3ccccc3)c3ccccc23)c2ccccc12. The summed E-state index contributed by atoms with van der Waals surface area (Å²) in [7, 11) is 0. The molecule has 2 heteroatoms. The van der Waals surface area contributed by atoms with Gasteiger partial charge in [0.25, 0.3) is 0 Å². The summed E-state index contributed by atoms with van der Waals surface area (Å²) in [6, 6.07) is 65.4. The van der Waals surface area contributed by atoms with Crippen molar-refractivity contribution in [2.45, 2.75) is 18.4 Å². The molecule has 10 aromatic rings. The lowest BCUT2D eigenvalue weighted by Gasteiger charge is -2.40. The van der Waals surface area contributed by atoms with Gasteiger partial charge in [-0.1, -0.05) is 176 Å². The Balaban J connectivity index is 1.07. The first-order valence-corrected chi connectivity index (χ1v) is 20.7. The predicted molar refractivity (Wildman–Crippen MR) is 246 cm³/mol. The molecular formula is C55H37NS. The van der Waals surface area contributed by atoms with Gasteiger partial charge in [-0.05, 0) is 97.1 Å². The predicted octanol–water partition coefficient (Wildman–Crippen LogP) is 15.6. The summed E-state index contributed by atoms with van der Waals surface area (Å²) in [4.78, 5) is 2.62. The molecule has 0 fully saturated rings. The minimum atomic E-state index is -0.277. The lowest BCUT2D eigenvalue weighted by Crippen LogP contribution is -2.42. The highest BCUT2D eigenvalue weighted by Gasteiger charge is 2.47. The molecule has 0 spiro atoms. The van der Waals surface area contributed by atoms with Crippen LogP contribution in [0.4, 0.5) is 11.4 Å². The Kier molecular flexibility index (Phi) is 7.06. The number of hydrogen-bond donors (Lipinski definition) is 0. The molecular weight excluding hydrogens is 707 g/mol. The van der Waals surface area contributed by atoms with E-state index in [0.717, 1.165) is 0 Å². The average molecular weight is 744 g/mol. The maximum atomic E-state index is 2.62. The van der Waals surface area contributed by atoms with E-state index in [1.807, 2.05) is 11.3 Å². The number of allylic oxidation sites excluding steroid dienone is 2. The molecule has 57 heavy (non-hydrogen) atoms. The molecule has 1 aliphatic heterocycles. The summed E-state index contributed by atoms with van der Waals surface area (Å²) in [5, 5.41) is 10.3. The van der Waals surface area contributed by atoms with Crippen LogP contribution in [0, 0.1) is 0 Å². The first-order chi connectivity index (χ1) is 28.2. The summed E-state index contributed by atoms with van der Waals surface area (Å²) in [5.74, 6) is 0.205. The Bertz CT molecular complexity index is 3270. The van der Waals surface area contributed by atoms with E-state index < -0.39 is 0 Å². The van der Waals surface area contributed by atoms with Crippen molar-refractivity contribution in [1.82, 2.24) is 0 Å².